The molecular weight excluding hydrogens is 216 g/mol. The van der Waals surface area contributed by atoms with E-state index in [1.807, 2.05) is 6.92 Å². The molecule has 17 heavy (non-hydrogen) atoms. The van der Waals surface area contributed by atoms with Crippen molar-refractivity contribution in [2.45, 2.75) is 13.0 Å². The summed E-state index contributed by atoms with van der Waals surface area (Å²) in [6, 6.07) is 0.159. The van der Waals surface area contributed by atoms with Gasteiger partial charge < -0.3 is 15.4 Å². The van der Waals surface area contributed by atoms with Crippen LogP contribution in [0.5, 0.6) is 0 Å². The number of ether oxygens (including phenoxy) is 1. The van der Waals surface area contributed by atoms with Crippen LogP contribution in [0.25, 0.3) is 0 Å². The van der Waals surface area contributed by atoms with E-state index in [1.165, 1.54) is 6.34 Å². The Bertz CT molecular complexity index is 247. The maximum absolute atomic E-state index is 5.25. The summed E-state index contributed by atoms with van der Waals surface area (Å²) < 4.78 is 5.08. The number of nitrogens with zero attached hydrogens (tertiary/aromatic N) is 3. The van der Waals surface area contributed by atoms with Crippen molar-refractivity contribution in [2.24, 2.45) is 10.7 Å². The minimum atomic E-state index is 0.159. The fourth-order valence-corrected chi connectivity index (χ4v) is 1.79. The topological polar surface area (TPSA) is 54.1 Å². The van der Waals surface area contributed by atoms with Gasteiger partial charge in [-0.2, -0.15) is 0 Å². The Balaban J connectivity index is 2.22. The van der Waals surface area contributed by atoms with E-state index in [2.05, 4.69) is 27.1 Å². The van der Waals surface area contributed by atoms with E-state index in [9.17, 15) is 0 Å². The van der Waals surface area contributed by atoms with Gasteiger partial charge >= 0.3 is 0 Å². The Kier molecular flexibility index (Phi) is 6.65. The van der Waals surface area contributed by atoms with Crippen LogP contribution in [0.2, 0.25) is 0 Å². The predicted octanol–water partition coefficient (Wildman–Crippen LogP) is 0.140. The molecule has 2 N–H and O–H groups in total. The molecule has 1 saturated heterocycles. The predicted molar refractivity (Wildman–Crippen MR) is 71.2 cm³/mol. The Morgan fingerprint density at radius 1 is 1.35 bits per heavy atom. The molecule has 1 aliphatic rings. The monoisotopic (exact) mass is 240 g/mol. The summed E-state index contributed by atoms with van der Waals surface area (Å²) in [7, 11) is 1.75. The van der Waals surface area contributed by atoms with Crippen molar-refractivity contribution in [3.05, 3.63) is 12.3 Å². The molecule has 0 bridgehead atoms. The van der Waals surface area contributed by atoms with Gasteiger partial charge in [-0.25, -0.2) is 0 Å². The molecule has 1 aliphatic heterocycles. The fraction of sp³-hybridized carbons (Fsp3) is 0.750. The summed E-state index contributed by atoms with van der Waals surface area (Å²) in [5, 5.41) is 0. The van der Waals surface area contributed by atoms with E-state index in [4.69, 9.17) is 10.5 Å². The van der Waals surface area contributed by atoms with E-state index >= 15 is 0 Å². The summed E-state index contributed by atoms with van der Waals surface area (Å²) >= 11 is 0. The Morgan fingerprint density at radius 3 is 2.65 bits per heavy atom. The number of hydrogen-bond donors (Lipinski definition) is 1. The Labute approximate surface area is 104 Å². The molecule has 0 aromatic carbocycles. The fourth-order valence-electron chi connectivity index (χ4n) is 1.79. The van der Waals surface area contributed by atoms with Crippen LogP contribution in [0, 0.1) is 0 Å². The van der Waals surface area contributed by atoms with Crippen LogP contribution in [-0.4, -0.2) is 68.6 Å². The van der Waals surface area contributed by atoms with E-state index in [0.717, 1.165) is 39.3 Å². The molecule has 0 amide bonds. The van der Waals surface area contributed by atoms with Gasteiger partial charge in [0.2, 0.25) is 0 Å². The number of rotatable bonds is 6. The van der Waals surface area contributed by atoms with Gasteiger partial charge in [-0.1, -0.05) is 0 Å². The molecular formula is C12H24N4O. The van der Waals surface area contributed by atoms with Crippen LogP contribution < -0.4 is 5.73 Å². The average Bonchev–Trinajstić information content (AvgIpc) is 2.35. The zero-order chi connectivity index (χ0) is 12.5. The SMILES string of the molecule is COCCN1CCN(/C=C/C(C)N=CN)CC1. The number of hydrogen-bond acceptors (Lipinski definition) is 4. The third kappa shape index (κ3) is 5.70. The van der Waals surface area contributed by atoms with Crippen molar-refractivity contribution in [3.8, 4) is 0 Å². The highest BCUT2D eigenvalue weighted by Gasteiger charge is 2.13. The van der Waals surface area contributed by atoms with Crippen LogP contribution in [0.4, 0.5) is 0 Å². The molecule has 0 aromatic rings. The maximum atomic E-state index is 5.25. The van der Waals surface area contributed by atoms with Crippen LogP contribution in [0.3, 0.4) is 0 Å². The van der Waals surface area contributed by atoms with Gasteiger partial charge in [-0.05, 0) is 19.2 Å². The molecule has 0 radical (unpaired) electrons. The van der Waals surface area contributed by atoms with Crippen molar-refractivity contribution in [2.75, 3.05) is 46.4 Å². The molecule has 5 heteroatoms. The molecule has 1 heterocycles. The van der Waals surface area contributed by atoms with Gasteiger partial charge in [-0.3, -0.25) is 9.89 Å². The number of nitrogens with two attached hydrogens (primary N) is 1. The zero-order valence-corrected chi connectivity index (χ0v) is 10.9. The average molecular weight is 240 g/mol. The summed E-state index contributed by atoms with van der Waals surface area (Å²) in [4.78, 5) is 8.83. The quantitative estimate of drug-likeness (QED) is 0.530. The maximum Gasteiger partial charge on any atom is 0.0804 e. The van der Waals surface area contributed by atoms with Gasteiger partial charge in [0.25, 0.3) is 0 Å². The molecule has 1 rings (SSSR count). The third-order valence-corrected chi connectivity index (χ3v) is 2.92. The first kappa shape index (κ1) is 14.0. The van der Waals surface area contributed by atoms with E-state index < -0.39 is 0 Å². The summed E-state index contributed by atoms with van der Waals surface area (Å²) in [6.45, 7) is 8.21. The molecule has 1 unspecified atom stereocenters. The van der Waals surface area contributed by atoms with Crippen molar-refractivity contribution in [1.29, 1.82) is 0 Å². The van der Waals surface area contributed by atoms with Gasteiger partial charge in [0.05, 0.1) is 19.0 Å². The van der Waals surface area contributed by atoms with Crippen molar-refractivity contribution in [1.82, 2.24) is 9.80 Å². The summed E-state index contributed by atoms with van der Waals surface area (Å²) in [5.74, 6) is 0. The lowest BCUT2D eigenvalue weighted by Crippen LogP contribution is -2.45. The standard InChI is InChI=1S/C12H24N4O/c1-12(14-11-13)3-4-15-5-7-16(8-6-15)9-10-17-2/h3-4,11-12H,5-10H2,1-2H3,(H2,13,14)/b4-3+. The second-order valence-corrected chi connectivity index (χ2v) is 4.25. The van der Waals surface area contributed by atoms with Crippen LogP contribution in [0.15, 0.2) is 17.3 Å². The van der Waals surface area contributed by atoms with Gasteiger partial charge in [0, 0.05) is 39.8 Å². The van der Waals surface area contributed by atoms with Gasteiger partial charge in [-0.15, -0.1) is 0 Å². The molecule has 5 nitrogen and oxygen atoms in total. The normalized spacial score (nSPS) is 20.5. The number of methoxy groups -OCH3 is 1. The Hall–Kier alpha value is -1.07. The Morgan fingerprint density at radius 2 is 2.06 bits per heavy atom. The van der Waals surface area contributed by atoms with Crippen LogP contribution >= 0.6 is 0 Å². The molecule has 0 aliphatic carbocycles. The van der Waals surface area contributed by atoms with Crippen molar-refractivity contribution < 1.29 is 4.74 Å². The van der Waals surface area contributed by atoms with Crippen molar-refractivity contribution >= 4 is 6.34 Å². The van der Waals surface area contributed by atoms with Crippen LogP contribution in [-0.2, 0) is 4.74 Å². The highest BCUT2D eigenvalue weighted by molar-refractivity contribution is 5.51. The number of aliphatic imine (C=N–C) groups is 1. The zero-order valence-electron chi connectivity index (χ0n) is 10.9. The number of piperazine rings is 1. The third-order valence-electron chi connectivity index (χ3n) is 2.92. The first-order valence-electron chi connectivity index (χ1n) is 6.13. The highest BCUT2D eigenvalue weighted by atomic mass is 16.5. The minimum absolute atomic E-state index is 0.159. The minimum Gasteiger partial charge on any atom is -0.390 e. The largest absolute Gasteiger partial charge is 0.390 e. The van der Waals surface area contributed by atoms with E-state index in [0.29, 0.717) is 0 Å². The van der Waals surface area contributed by atoms with Crippen molar-refractivity contribution in [3.63, 3.8) is 0 Å². The van der Waals surface area contributed by atoms with E-state index in [1.54, 1.807) is 7.11 Å². The summed E-state index contributed by atoms with van der Waals surface area (Å²) in [5.41, 5.74) is 5.25. The van der Waals surface area contributed by atoms with Crippen LogP contribution in [0.1, 0.15) is 6.92 Å². The molecule has 1 atom stereocenters. The lowest BCUT2D eigenvalue weighted by Gasteiger charge is -2.33. The molecule has 0 spiro atoms. The van der Waals surface area contributed by atoms with E-state index in [-0.39, 0.29) is 6.04 Å². The second-order valence-electron chi connectivity index (χ2n) is 4.25. The lowest BCUT2D eigenvalue weighted by molar-refractivity contribution is 0.114. The lowest BCUT2D eigenvalue weighted by atomic mass is 10.3. The highest BCUT2D eigenvalue weighted by Crippen LogP contribution is 2.03. The first-order valence-corrected chi connectivity index (χ1v) is 6.13. The molecule has 1 fully saturated rings. The van der Waals surface area contributed by atoms with Gasteiger partial charge in [0.15, 0.2) is 0 Å². The molecule has 0 saturated carbocycles. The molecule has 0 aromatic heterocycles. The molecule has 98 valence electrons. The second kappa shape index (κ2) is 8.08. The summed E-state index contributed by atoms with van der Waals surface area (Å²) in [6.07, 6.45) is 5.57. The smallest absolute Gasteiger partial charge is 0.0804 e. The van der Waals surface area contributed by atoms with Gasteiger partial charge in [0.1, 0.15) is 0 Å². The first-order chi connectivity index (χ1) is 8.26.